The Bertz CT molecular complexity index is 1080. The number of aliphatic carboxylic acids is 1. The maximum atomic E-state index is 10.7. The van der Waals surface area contributed by atoms with Gasteiger partial charge in [0.15, 0.2) is 0 Å². The molecule has 3 aromatic carbocycles. The van der Waals surface area contributed by atoms with E-state index in [0.717, 1.165) is 13.0 Å². The molecule has 2 atom stereocenters. The number of para-hydroxylation sites is 2. The van der Waals surface area contributed by atoms with Gasteiger partial charge in [-0.2, -0.15) is 0 Å². The molecule has 35 heavy (non-hydrogen) atoms. The molecule has 0 aliphatic rings. The zero-order chi connectivity index (χ0) is 26.0. The lowest BCUT2D eigenvalue weighted by atomic mass is 9.85. The predicted octanol–water partition coefficient (Wildman–Crippen LogP) is 4.70. The van der Waals surface area contributed by atoms with Crippen LogP contribution in [0.2, 0.25) is 10.0 Å². The van der Waals surface area contributed by atoms with Gasteiger partial charge in [0.1, 0.15) is 5.75 Å². The lowest BCUT2D eigenvalue weighted by Gasteiger charge is -2.24. The molecule has 2 unspecified atom stereocenters. The van der Waals surface area contributed by atoms with E-state index in [9.17, 15) is 15.0 Å². The Balaban J connectivity index is 0.000000251. The molecule has 0 spiro atoms. The minimum atomic E-state index is -1.14. The number of phenolic OH excluding ortho intramolecular Hbond substituents is 1. The maximum absolute atomic E-state index is 10.7. The van der Waals surface area contributed by atoms with Gasteiger partial charge in [-0.05, 0) is 53.8 Å². The number of benzene rings is 3. The summed E-state index contributed by atoms with van der Waals surface area (Å²) in [7, 11) is 4.37. The second-order valence-corrected chi connectivity index (χ2v) is 9.74. The smallest absolute Gasteiger partial charge is 0.115 e. The van der Waals surface area contributed by atoms with Crippen molar-refractivity contribution in [3.8, 4) is 5.75 Å². The molecule has 0 aromatic heterocycles. The van der Waals surface area contributed by atoms with E-state index >= 15 is 0 Å². The van der Waals surface area contributed by atoms with Crippen LogP contribution < -0.4 is 15.3 Å². The monoisotopic (exact) mass is 516 g/mol. The molecule has 188 valence electrons. The van der Waals surface area contributed by atoms with Crippen molar-refractivity contribution in [2.24, 2.45) is 5.92 Å². The Labute approximate surface area is 218 Å². The normalized spacial score (nSPS) is 12.4. The van der Waals surface area contributed by atoms with E-state index < -0.39 is 5.97 Å². The molecule has 0 saturated heterocycles. The van der Waals surface area contributed by atoms with Gasteiger partial charge in [-0.25, -0.2) is 0 Å². The zero-order valence-corrected chi connectivity index (χ0v) is 22.2. The lowest BCUT2D eigenvalue weighted by Crippen LogP contribution is -3.06. The predicted molar refractivity (Wildman–Crippen MR) is 143 cm³/mol. The van der Waals surface area contributed by atoms with E-state index in [0.29, 0.717) is 44.6 Å². The van der Waals surface area contributed by atoms with Crippen LogP contribution in [0.25, 0.3) is 0 Å². The lowest BCUT2D eigenvalue weighted by molar-refractivity contribution is -0.862. The Morgan fingerprint density at radius 3 is 2.23 bits per heavy atom. The van der Waals surface area contributed by atoms with Crippen LogP contribution in [0.3, 0.4) is 0 Å². The van der Waals surface area contributed by atoms with E-state index in [-0.39, 0.29) is 6.42 Å². The van der Waals surface area contributed by atoms with E-state index in [1.165, 1.54) is 10.5 Å². The summed E-state index contributed by atoms with van der Waals surface area (Å²) < 4.78 is 0. The molecule has 5 nitrogen and oxygen atoms in total. The fraction of sp³-hybridized carbons (Fsp3) is 0.321. The zero-order valence-electron chi connectivity index (χ0n) is 20.6. The summed E-state index contributed by atoms with van der Waals surface area (Å²) in [6.07, 6.45) is 0.948. The van der Waals surface area contributed by atoms with Gasteiger partial charge in [-0.3, -0.25) is 0 Å². The van der Waals surface area contributed by atoms with Gasteiger partial charge >= 0.3 is 0 Å². The topological polar surface area (TPSA) is 76.8 Å². The minimum absolute atomic E-state index is 0.175. The molecule has 0 bridgehead atoms. The number of anilines is 2. The number of carbonyl (C=O) groups excluding carboxylic acids is 1. The number of hydrogen-bond donors (Lipinski definition) is 3. The maximum Gasteiger partial charge on any atom is 0.115 e. The Kier molecular flexibility index (Phi) is 11.4. The summed E-state index contributed by atoms with van der Waals surface area (Å²) >= 11 is 12.1. The number of carbonyl (C=O) groups is 1. The van der Waals surface area contributed by atoms with Crippen molar-refractivity contribution >= 4 is 40.5 Å². The Hall–Kier alpha value is -2.73. The fourth-order valence-electron chi connectivity index (χ4n) is 4.21. The molecular formula is C28H34Cl2N2O3. The molecule has 7 heteroatoms. The van der Waals surface area contributed by atoms with Crippen LogP contribution in [0.15, 0.2) is 66.7 Å². The third kappa shape index (κ3) is 9.10. The van der Waals surface area contributed by atoms with E-state index in [4.69, 9.17) is 23.2 Å². The summed E-state index contributed by atoms with van der Waals surface area (Å²) in [5, 5.41) is 24.2. The SMILES string of the molecule is CCC(c1cccc(O)c1)C(C)C[NH+](C)C.O=C([O-])Cc1ccccc1Nc1c(Cl)cccc1Cl. The highest BCUT2D eigenvalue weighted by Gasteiger charge is 2.20. The van der Waals surface area contributed by atoms with Gasteiger partial charge in [0.2, 0.25) is 0 Å². The quantitative estimate of drug-likeness (QED) is 0.385. The summed E-state index contributed by atoms with van der Waals surface area (Å²) in [5.41, 5.74) is 3.06. The Morgan fingerprint density at radius 2 is 1.66 bits per heavy atom. The summed E-state index contributed by atoms with van der Waals surface area (Å²) in [6, 6.07) is 19.9. The number of aromatic hydroxyl groups is 1. The van der Waals surface area contributed by atoms with Gasteiger partial charge in [0.25, 0.3) is 0 Å². The van der Waals surface area contributed by atoms with Crippen LogP contribution in [-0.2, 0) is 11.2 Å². The van der Waals surface area contributed by atoms with Crippen LogP contribution in [-0.4, -0.2) is 31.7 Å². The van der Waals surface area contributed by atoms with Crippen molar-refractivity contribution < 1.29 is 19.9 Å². The molecule has 3 rings (SSSR count). The average molecular weight is 517 g/mol. The molecule has 0 aliphatic heterocycles. The first kappa shape index (κ1) is 28.5. The van der Waals surface area contributed by atoms with Crippen LogP contribution in [0.4, 0.5) is 11.4 Å². The number of nitrogens with one attached hydrogen (secondary N) is 2. The summed E-state index contributed by atoms with van der Waals surface area (Å²) in [6.45, 7) is 5.68. The highest BCUT2D eigenvalue weighted by atomic mass is 35.5. The van der Waals surface area contributed by atoms with Crippen molar-refractivity contribution in [1.82, 2.24) is 0 Å². The number of carboxylic acid groups (broad SMARTS) is 1. The summed E-state index contributed by atoms with van der Waals surface area (Å²) in [4.78, 5) is 12.2. The highest BCUT2D eigenvalue weighted by Crippen LogP contribution is 2.33. The minimum Gasteiger partial charge on any atom is -0.550 e. The van der Waals surface area contributed by atoms with Crippen molar-refractivity contribution in [2.75, 3.05) is 26.0 Å². The van der Waals surface area contributed by atoms with Crippen molar-refractivity contribution in [3.05, 3.63) is 87.9 Å². The Morgan fingerprint density at radius 1 is 1.03 bits per heavy atom. The highest BCUT2D eigenvalue weighted by molar-refractivity contribution is 6.39. The molecule has 0 radical (unpaired) electrons. The van der Waals surface area contributed by atoms with Gasteiger partial charge in [-0.1, -0.05) is 73.4 Å². The second kappa shape index (κ2) is 14.0. The van der Waals surface area contributed by atoms with Crippen LogP contribution >= 0.6 is 23.2 Å². The number of halogens is 2. The van der Waals surface area contributed by atoms with Gasteiger partial charge < -0.3 is 25.2 Å². The molecule has 3 N–H and O–H groups in total. The molecule has 3 aromatic rings. The van der Waals surface area contributed by atoms with Gasteiger partial charge in [-0.15, -0.1) is 0 Å². The molecule has 0 fully saturated rings. The van der Waals surface area contributed by atoms with Crippen LogP contribution in [0.5, 0.6) is 5.75 Å². The first-order valence-corrected chi connectivity index (χ1v) is 12.4. The molecule has 0 aliphatic carbocycles. The molecule has 0 amide bonds. The second-order valence-electron chi connectivity index (χ2n) is 8.93. The number of hydrogen-bond acceptors (Lipinski definition) is 4. The standard InChI is InChI=1S/C14H11Cl2NO2.C14H23NO/c15-10-5-3-6-11(16)14(10)17-12-7-2-1-4-9(12)8-13(18)19;1-5-14(11(2)10-15(3)4)12-7-6-8-13(16)9-12/h1-7,17H,8H2,(H,18,19);6-9,11,14,16H,5,10H2,1-4H3. The van der Waals surface area contributed by atoms with Crippen LogP contribution in [0.1, 0.15) is 37.3 Å². The number of carboxylic acids is 1. The third-order valence-corrected chi connectivity index (χ3v) is 6.36. The summed E-state index contributed by atoms with van der Waals surface area (Å²) in [5.74, 6) is 0.415. The van der Waals surface area contributed by atoms with Gasteiger partial charge in [0.05, 0.1) is 36.4 Å². The van der Waals surface area contributed by atoms with E-state index in [1.54, 1.807) is 48.5 Å². The first-order chi connectivity index (χ1) is 16.6. The molecule has 0 heterocycles. The largest absolute Gasteiger partial charge is 0.550 e. The molecular weight excluding hydrogens is 483 g/mol. The van der Waals surface area contributed by atoms with Crippen molar-refractivity contribution in [3.63, 3.8) is 0 Å². The molecule has 0 saturated carbocycles. The average Bonchev–Trinajstić information content (AvgIpc) is 2.78. The van der Waals surface area contributed by atoms with Crippen molar-refractivity contribution in [2.45, 2.75) is 32.6 Å². The van der Waals surface area contributed by atoms with Crippen molar-refractivity contribution in [1.29, 1.82) is 0 Å². The third-order valence-electron chi connectivity index (χ3n) is 5.73. The van der Waals surface area contributed by atoms with E-state index in [2.05, 4.69) is 39.3 Å². The van der Waals surface area contributed by atoms with Crippen LogP contribution in [0, 0.1) is 5.92 Å². The number of quaternary nitrogens is 1. The fourth-order valence-corrected chi connectivity index (χ4v) is 4.70. The first-order valence-electron chi connectivity index (χ1n) is 11.7. The number of phenols is 1. The number of rotatable bonds is 9. The van der Waals surface area contributed by atoms with E-state index in [1.807, 2.05) is 12.1 Å². The van der Waals surface area contributed by atoms with Gasteiger partial charge in [0, 0.05) is 24.0 Å².